The van der Waals surface area contributed by atoms with E-state index in [0.717, 1.165) is 12.8 Å². The van der Waals surface area contributed by atoms with Crippen LogP contribution in [0.15, 0.2) is 23.1 Å². The molecule has 0 saturated carbocycles. The highest BCUT2D eigenvalue weighted by Crippen LogP contribution is 2.29. The summed E-state index contributed by atoms with van der Waals surface area (Å²) in [7, 11) is -0.418. The molecule has 0 aliphatic rings. The van der Waals surface area contributed by atoms with Gasteiger partial charge in [0.05, 0.1) is 16.3 Å². The maximum atomic E-state index is 12.2. The summed E-state index contributed by atoms with van der Waals surface area (Å²) < 4.78 is 25.5. The highest BCUT2D eigenvalue weighted by atomic mass is 32.2. The lowest BCUT2D eigenvalue weighted by Gasteiger charge is -2.30. The Hall–Kier alpha value is -1.27. The normalized spacial score (nSPS) is 12.7. The van der Waals surface area contributed by atoms with Gasteiger partial charge in [0, 0.05) is 19.6 Å². The number of nitrogens with one attached hydrogen (secondary N) is 1. The molecule has 0 amide bonds. The summed E-state index contributed by atoms with van der Waals surface area (Å²) in [4.78, 5) is 0.244. The first-order chi connectivity index (χ1) is 9.16. The monoisotopic (exact) mass is 299 g/mol. The van der Waals surface area contributed by atoms with Gasteiger partial charge in [0.25, 0.3) is 0 Å². The Morgan fingerprint density at radius 1 is 1.25 bits per heavy atom. The molecule has 0 aliphatic heterocycles. The molecule has 0 radical (unpaired) electrons. The Morgan fingerprint density at radius 2 is 1.80 bits per heavy atom. The van der Waals surface area contributed by atoms with Crippen molar-refractivity contribution in [2.75, 3.05) is 25.1 Å². The number of anilines is 2. The number of benzene rings is 1. The van der Waals surface area contributed by atoms with Crippen LogP contribution in [-0.2, 0) is 10.0 Å². The molecular formula is C14H25N3O2S. The second-order valence-corrected chi connectivity index (χ2v) is 7.58. The van der Waals surface area contributed by atoms with Crippen molar-refractivity contribution in [1.29, 1.82) is 0 Å². The van der Waals surface area contributed by atoms with Crippen LogP contribution in [0, 0.1) is 0 Å². The van der Waals surface area contributed by atoms with Crippen molar-refractivity contribution >= 4 is 21.4 Å². The number of nitrogens with zero attached hydrogens (tertiary/aromatic N) is 1. The van der Waals surface area contributed by atoms with Crippen molar-refractivity contribution in [2.45, 2.75) is 44.0 Å². The van der Waals surface area contributed by atoms with Crippen molar-refractivity contribution in [3.05, 3.63) is 18.2 Å². The Morgan fingerprint density at radius 3 is 2.25 bits per heavy atom. The molecule has 1 aromatic rings. The standard InChI is InChI=1S/C14H25N3O2S/c1-6-14(3,7-2)16-13-10-11(8-9-12(13)15)20(18,19)17(4)5/h8-10,16H,6-7,15H2,1-5H3. The molecule has 20 heavy (non-hydrogen) atoms. The van der Waals surface area contributed by atoms with Crippen LogP contribution >= 0.6 is 0 Å². The van der Waals surface area contributed by atoms with E-state index in [0.29, 0.717) is 11.4 Å². The number of sulfonamides is 1. The minimum atomic E-state index is -3.45. The van der Waals surface area contributed by atoms with Gasteiger partial charge < -0.3 is 11.1 Å². The quantitative estimate of drug-likeness (QED) is 0.791. The van der Waals surface area contributed by atoms with Crippen molar-refractivity contribution in [2.24, 2.45) is 0 Å². The van der Waals surface area contributed by atoms with Gasteiger partial charge in [0.2, 0.25) is 10.0 Å². The molecule has 1 rings (SSSR count). The molecule has 0 atom stereocenters. The van der Waals surface area contributed by atoms with Crippen LogP contribution in [0.3, 0.4) is 0 Å². The Bertz CT molecular complexity index is 564. The van der Waals surface area contributed by atoms with Gasteiger partial charge >= 0.3 is 0 Å². The van der Waals surface area contributed by atoms with E-state index >= 15 is 0 Å². The lowest BCUT2D eigenvalue weighted by atomic mass is 9.95. The highest BCUT2D eigenvalue weighted by molar-refractivity contribution is 7.89. The summed E-state index contributed by atoms with van der Waals surface area (Å²) in [5.74, 6) is 0. The minimum absolute atomic E-state index is 0.103. The highest BCUT2D eigenvalue weighted by Gasteiger charge is 2.22. The molecule has 6 heteroatoms. The van der Waals surface area contributed by atoms with E-state index in [4.69, 9.17) is 5.73 Å². The fourth-order valence-electron chi connectivity index (χ4n) is 1.77. The second kappa shape index (κ2) is 6.01. The maximum absolute atomic E-state index is 12.2. The third-order valence-electron chi connectivity index (χ3n) is 3.80. The molecular weight excluding hydrogens is 274 g/mol. The van der Waals surface area contributed by atoms with Crippen LogP contribution in [0.2, 0.25) is 0 Å². The van der Waals surface area contributed by atoms with Crippen molar-refractivity contribution in [1.82, 2.24) is 4.31 Å². The maximum Gasteiger partial charge on any atom is 0.242 e. The molecule has 0 unspecified atom stereocenters. The van der Waals surface area contributed by atoms with E-state index in [1.807, 2.05) is 0 Å². The average Bonchev–Trinajstić information content (AvgIpc) is 2.40. The number of hydrogen-bond acceptors (Lipinski definition) is 4. The zero-order valence-corrected chi connectivity index (χ0v) is 13.7. The summed E-state index contributed by atoms with van der Waals surface area (Å²) in [6.07, 6.45) is 1.85. The Kier molecular flexibility index (Phi) is 5.05. The summed E-state index contributed by atoms with van der Waals surface area (Å²) in [6, 6.07) is 4.77. The Balaban J connectivity index is 3.23. The molecule has 0 heterocycles. The van der Waals surface area contributed by atoms with Crippen LogP contribution in [0.1, 0.15) is 33.6 Å². The number of hydrogen-bond donors (Lipinski definition) is 2. The summed E-state index contributed by atoms with van der Waals surface area (Å²) >= 11 is 0. The van der Waals surface area contributed by atoms with Crippen LogP contribution in [0.25, 0.3) is 0 Å². The number of rotatable bonds is 6. The molecule has 0 bridgehead atoms. The van der Waals surface area contributed by atoms with Gasteiger partial charge in [0.15, 0.2) is 0 Å². The first-order valence-corrected chi connectivity index (χ1v) is 8.20. The first kappa shape index (κ1) is 16.8. The third kappa shape index (κ3) is 3.43. The van der Waals surface area contributed by atoms with E-state index in [-0.39, 0.29) is 10.4 Å². The molecule has 3 N–H and O–H groups in total. The molecule has 114 valence electrons. The molecule has 0 saturated heterocycles. The van der Waals surface area contributed by atoms with Crippen LogP contribution in [0.5, 0.6) is 0 Å². The smallest absolute Gasteiger partial charge is 0.242 e. The van der Waals surface area contributed by atoms with Gasteiger partial charge in [-0.05, 0) is 38.0 Å². The van der Waals surface area contributed by atoms with Gasteiger partial charge in [-0.3, -0.25) is 0 Å². The molecule has 0 spiro atoms. The number of nitrogens with two attached hydrogens (primary N) is 1. The van der Waals surface area contributed by atoms with Gasteiger partial charge in [-0.2, -0.15) is 0 Å². The number of nitrogen functional groups attached to an aromatic ring is 1. The minimum Gasteiger partial charge on any atom is -0.397 e. The van der Waals surface area contributed by atoms with E-state index in [9.17, 15) is 8.42 Å². The second-order valence-electron chi connectivity index (χ2n) is 5.43. The topological polar surface area (TPSA) is 75.4 Å². The van der Waals surface area contributed by atoms with Gasteiger partial charge in [-0.25, -0.2) is 12.7 Å². The summed E-state index contributed by atoms with van der Waals surface area (Å²) in [6.45, 7) is 6.28. The SMILES string of the molecule is CCC(C)(CC)Nc1cc(S(=O)(=O)N(C)C)ccc1N. The lowest BCUT2D eigenvalue weighted by Crippen LogP contribution is -2.33. The van der Waals surface area contributed by atoms with Gasteiger partial charge in [-0.1, -0.05) is 13.8 Å². The van der Waals surface area contributed by atoms with Crippen molar-refractivity contribution in [3.63, 3.8) is 0 Å². The first-order valence-electron chi connectivity index (χ1n) is 6.76. The molecule has 0 aliphatic carbocycles. The summed E-state index contributed by atoms with van der Waals surface area (Å²) in [5.41, 5.74) is 7.07. The zero-order valence-electron chi connectivity index (χ0n) is 12.9. The molecule has 5 nitrogen and oxygen atoms in total. The van der Waals surface area contributed by atoms with Crippen molar-refractivity contribution in [3.8, 4) is 0 Å². The molecule has 0 aromatic heterocycles. The van der Waals surface area contributed by atoms with E-state index in [1.54, 1.807) is 12.1 Å². The fourth-order valence-corrected chi connectivity index (χ4v) is 2.70. The van der Waals surface area contributed by atoms with Gasteiger partial charge in [-0.15, -0.1) is 0 Å². The summed E-state index contributed by atoms with van der Waals surface area (Å²) in [5, 5.41) is 3.37. The van der Waals surface area contributed by atoms with E-state index < -0.39 is 10.0 Å². The van der Waals surface area contributed by atoms with Gasteiger partial charge in [0.1, 0.15) is 0 Å². The average molecular weight is 299 g/mol. The molecule has 0 fully saturated rings. The van der Waals surface area contributed by atoms with Crippen LogP contribution in [0.4, 0.5) is 11.4 Å². The van der Waals surface area contributed by atoms with Crippen LogP contribution in [-0.4, -0.2) is 32.4 Å². The largest absolute Gasteiger partial charge is 0.397 e. The van der Waals surface area contributed by atoms with E-state index in [2.05, 4.69) is 26.1 Å². The molecule has 1 aromatic carbocycles. The zero-order chi connectivity index (χ0) is 15.6. The predicted octanol–water partition coefficient (Wildman–Crippen LogP) is 2.51. The van der Waals surface area contributed by atoms with E-state index in [1.165, 1.54) is 24.5 Å². The lowest BCUT2D eigenvalue weighted by molar-refractivity contribution is 0.478. The van der Waals surface area contributed by atoms with Crippen molar-refractivity contribution < 1.29 is 8.42 Å². The van der Waals surface area contributed by atoms with Crippen LogP contribution < -0.4 is 11.1 Å². The fraction of sp³-hybridized carbons (Fsp3) is 0.571. The predicted molar refractivity (Wildman–Crippen MR) is 84.3 cm³/mol. The third-order valence-corrected chi connectivity index (χ3v) is 5.61. The Labute approximate surface area is 122 Å².